The third-order valence-electron chi connectivity index (χ3n) is 6.17. The zero-order valence-electron chi connectivity index (χ0n) is 22.5. The van der Waals surface area contributed by atoms with Crippen molar-refractivity contribution in [2.24, 2.45) is 0 Å². The van der Waals surface area contributed by atoms with Crippen LogP contribution < -0.4 is 21.8 Å². The summed E-state index contributed by atoms with van der Waals surface area (Å²) in [6.45, 7) is 0.151. The van der Waals surface area contributed by atoms with Gasteiger partial charge in [0.05, 0.1) is 12.1 Å². The van der Waals surface area contributed by atoms with Crippen LogP contribution in [0, 0.1) is 0 Å². The van der Waals surface area contributed by atoms with Gasteiger partial charge in [0, 0.05) is 51.1 Å². The molecule has 0 fully saturated rings. The number of anilines is 1. The Balaban J connectivity index is 1.95. The summed E-state index contributed by atoms with van der Waals surface area (Å²) in [6, 6.07) is 7.90. The normalized spacial score (nSPS) is 12.8. The molecule has 0 bridgehead atoms. The molecule has 0 saturated heterocycles. The van der Waals surface area contributed by atoms with Crippen molar-refractivity contribution in [3.63, 3.8) is 0 Å². The lowest BCUT2D eigenvalue weighted by Gasteiger charge is -2.23. The van der Waals surface area contributed by atoms with Gasteiger partial charge in [0.15, 0.2) is 16.2 Å². The molecule has 0 spiro atoms. The molecule has 4 rings (SSSR count). The minimum absolute atomic E-state index is 0.0277. The molecular formula is C25H21N3O12S5-2. The van der Waals surface area contributed by atoms with Crippen molar-refractivity contribution in [3.8, 4) is 22.5 Å². The molecule has 1 aliphatic heterocycles. The average Bonchev–Trinajstić information content (AvgIpc) is 2.93. The molecule has 1 heterocycles. The van der Waals surface area contributed by atoms with Gasteiger partial charge in [0.25, 0.3) is 5.91 Å². The van der Waals surface area contributed by atoms with Gasteiger partial charge in [0.1, 0.15) is 25.1 Å². The summed E-state index contributed by atoms with van der Waals surface area (Å²) in [7, 11) is -8.18. The van der Waals surface area contributed by atoms with Gasteiger partial charge in [-0.3, -0.25) is 19.2 Å². The second kappa shape index (κ2) is 13.5. The van der Waals surface area contributed by atoms with E-state index in [9.17, 15) is 44.3 Å². The molecule has 20 heteroatoms. The van der Waals surface area contributed by atoms with E-state index in [1.165, 1.54) is 39.8 Å². The molecule has 2 aliphatic rings. The molecule has 1 unspecified atom stereocenters. The zero-order valence-corrected chi connectivity index (χ0v) is 26.6. The Morgan fingerprint density at radius 3 is 2.27 bits per heavy atom. The number of hydrogen-bond donors (Lipinski definition) is 4. The number of nitrogens with two attached hydrogens (primary N) is 2. The zero-order chi connectivity index (χ0) is 33.3. The summed E-state index contributed by atoms with van der Waals surface area (Å²) < 4.78 is 104. The number of amides is 1. The van der Waals surface area contributed by atoms with Crippen LogP contribution in [-0.2, 0) is 36.1 Å². The Kier molecular flexibility index (Phi) is 10.3. The van der Waals surface area contributed by atoms with Gasteiger partial charge >= 0.3 is 5.97 Å². The first-order valence-corrected chi connectivity index (χ1v) is 18.7. The Bertz CT molecular complexity index is 2110. The molecular weight excluding hydrogens is 695 g/mol. The van der Waals surface area contributed by atoms with Gasteiger partial charge < -0.3 is 34.2 Å². The Morgan fingerprint density at radius 1 is 0.978 bits per heavy atom. The maximum Gasteiger partial charge on any atom is 0.304 e. The highest BCUT2D eigenvalue weighted by Crippen LogP contribution is 2.46. The summed E-state index contributed by atoms with van der Waals surface area (Å²) in [5.41, 5.74) is 3.68. The van der Waals surface area contributed by atoms with Crippen LogP contribution >= 0.6 is 21.6 Å². The predicted octanol–water partition coefficient (Wildman–Crippen LogP) is 0.0787. The van der Waals surface area contributed by atoms with E-state index in [0.29, 0.717) is 11.5 Å². The molecule has 1 amide bonds. The topological polar surface area (TPSA) is 286 Å². The number of benzene rings is 3. The summed E-state index contributed by atoms with van der Waals surface area (Å²) in [6.07, 6.45) is -0.0277. The van der Waals surface area contributed by atoms with E-state index in [1.54, 1.807) is 0 Å². The van der Waals surface area contributed by atoms with Gasteiger partial charge in [-0.1, -0.05) is 21.6 Å². The van der Waals surface area contributed by atoms with Gasteiger partial charge in [-0.05, 0) is 53.0 Å². The summed E-state index contributed by atoms with van der Waals surface area (Å²) >= 11 is -2.99. The van der Waals surface area contributed by atoms with Gasteiger partial charge in [-0.25, -0.2) is 16.8 Å². The average molecular weight is 716 g/mol. The van der Waals surface area contributed by atoms with Crippen molar-refractivity contribution >= 4 is 81.4 Å². The maximum atomic E-state index is 13.0. The van der Waals surface area contributed by atoms with Crippen molar-refractivity contribution < 1.29 is 59.2 Å². The van der Waals surface area contributed by atoms with Crippen molar-refractivity contribution in [2.75, 3.05) is 23.8 Å². The number of rotatable bonds is 12. The van der Waals surface area contributed by atoms with Gasteiger partial charge in [0.2, 0.25) is 5.36 Å². The fourth-order valence-electron chi connectivity index (χ4n) is 4.37. The largest absolute Gasteiger partial charge is 0.768 e. The summed E-state index contributed by atoms with van der Waals surface area (Å²) in [5.74, 6) is -1.60. The van der Waals surface area contributed by atoms with E-state index in [2.05, 4.69) is 5.32 Å². The number of nitrogen functional groups attached to an aromatic ring is 1. The lowest BCUT2D eigenvalue weighted by atomic mass is 9.92. The minimum Gasteiger partial charge on any atom is -0.768 e. The monoisotopic (exact) mass is 715 g/mol. The van der Waals surface area contributed by atoms with E-state index in [-0.39, 0.29) is 40.6 Å². The van der Waals surface area contributed by atoms with Crippen LogP contribution in [0.5, 0.6) is 0 Å². The number of hydrogen-bond acceptors (Lipinski definition) is 14. The first-order valence-electron chi connectivity index (χ1n) is 12.3. The molecule has 0 aromatic heterocycles. The highest BCUT2D eigenvalue weighted by atomic mass is 33.1. The highest BCUT2D eigenvalue weighted by molar-refractivity contribution is 8.76. The molecule has 1 atom stereocenters. The highest BCUT2D eigenvalue weighted by Gasteiger charge is 2.29. The lowest BCUT2D eigenvalue weighted by Crippen LogP contribution is -2.47. The number of nitrogens with one attached hydrogen (secondary N) is 1. The number of carboxylic acids is 1. The fourth-order valence-corrected chi connectivity index (χ4v) is 8.25. The van der Waals surface area contributed by atoms with E-state index in [1.807, 2.05) is 0 Å². The molecule has 0 saturated carbocycles. The summed E-state index contributed by atoms with van der Waals surface area (Å²) in [4.78, 5) is 21.0. The first kappa shape index (κ1) is 34.4. The number of aliphatic carboxylic acids is 1. The van der Waals surface area contributed by atoms with Crippen LogP contribution in [0.15, 0.2) is 61.6 Å². The Morgan fingerprint density at radius 2 is 1.64 bits per heavy atom. The van der Waals surface area contributed by atoms with E-state index in [4.69, 9.17) is 20.7 Å². The Hall–Kier alpha value is -3.50. The van der Waals surface area contributed by atoms with Crippen LogP contribution in [0.2, 0.25) is 0 Å². The number of carbonyl (C=O) groups is 2. The van der Waals surface area contributed by atoms with Crippen LogP contribution in [0.3, 0.4) is 0 Å². The summed E-state index contributed by atoms with van der Waals surface area (Å²) in [5, 5.41) is 16.3. The number of carbonyl (C=O) groups excluding carboxylic acids is 1. The van der Waals surface area contributed by atoms with Crippen molar-refractivity contribution in [2.45, 2.75) is 21.1 Å². The second-order valence-electron chi connectivity index (χ2n) is 9.10. The second-order valence-corrected chi connectivity index (χ2v) is 15.3. The smallest absolute Gasteiger partial charge is 0.304 e. The van der Waals surface area contributed by atoms with Crippen molar-refractivity contribution in [1.29, 1.82) is 0 Å². The third kappa shape index (κ3) is 7.49. The van der Waals surface area contributed by atoms with Crippen LogP contribution in [0.1, 0.15) is 16.8 Å². The molecule has 1 aliphatic carbocycles. The molecule has 15 nitrogen and oxygen atoms in total. The third-order valence-corrected chi connectivity index (χ3v) is 11.1. The van der Waals surface area contributed by atoms with Gasteiger partial charge in [-0.15, -0.1) is 0 Å². The maximum absolute atomic E-state index is 13.0. The van der Waals surface area contributed by atoms with Crippen LogP contribution in [0.25, 0.3) is 33.4 Å². The molecule has 2 aromatic rings. The van der Waals surface area contributed by atoms with Crippen molar-refractivity contribution in [1.82, 2.24) is 5.32 Å². The number of fused-ring (bicyclic) bond motifs is 2. The Labute approximate surface area is 265 Å². The number of carboxylic acid groups (broad SMARTS) is 1. The molecule has 6 N–H and O–H groups in total. The standard InChI is InChI=1S/C25H23N3O12S5/c26-16-4-2-13-20(14-3-5-17(27)24(45(37,38)39)22(14)40-21(13)23(16)44(34,35)36)15-11-12(1-6-18(15)43(32)33)25(31)28-8-10-42-41-9-7-19(29)30/h1-6,11,26H,7-10,27H2,(H,28,31)(H,29,30)(H,32,33)(H,34,35,36)(H,37,38,39)/p-2. The quantitative estimate of drug-likeness (QED) is 0.0377. The first-order chi connectivity index (χ1) is 21.0. The SMILES string of the molecule is Nc1ccc2c(-c3cc(C(=O)NCCSSCCC(=O)O)ccc3S(=O)[O-])c3ccc(=[NH2+])c(S(=O)(=O)[O-])c-3oc2c1S(=O)(=O)[O-]. The van der Waals surface area contributed by atoms with Crippen LogP contribution in [-0.4, -0.2) is 69.7 Å². The lowest BCUT2D eigenvalue weighted by molar-refractivity contribution is -0.176. The fraction of sp³-hybridized carbons (Fsp3) is 0.160. The minimum atomic E-state index is -5.40. The van der Waals surface area contributed by atoms with E-state index < -0.39 is 80.3 Å². The molecule has 2 aromatic carbocycles. The molecule has 240 valence electrons. The van der Waals surface area contributed by atoms with Crippen molar-refractivity contribution in [3.05, 3.63) is 53.4 Å². The van der Waals surface area contributed by atoms with Crippen LogP contribution in [0.4, 0.5) is 5.69 Å². The van der Waals surface area contributed by atoms with E-state index >= 15 is 0 Å². The molecule has 45 heavy (non-hydrogen) atoms. The predicted molar refractivity (Wildman–Crippen MR) is 160 cm³/mol. The van der Waals surface area contributed by atoms with E-state index in [0.717, 1.165) is 24.3 Å². The molecule has 0 radical (unpaired) electrons. The van der Waals surface area contributed by atoms with Gasteiger partial charge in [-0.2, -0.15) is 0 Å².